The van der Waals surface area contributed by atoms with Crippen LogP contribution >= 0.6 is 0 Å². The molecule has 0 heterocycles. The maximum absolute atomic E-state index is 11.7. The second kappa shape index (κ2) is 9.25. The molecular weight excluding hydrogens is 256 g/mol. The number of carbonyl (C=O) groups is 1. The minimum absolute atomic E-state index is 0.0834. The van der Waals surface area contributed by atoms with Crippen molar-refractivity contribution in [3.63, 3.8) is 0 Å². The van der Waals surface area contributed by atoms with Gasteiger partial charge in [-0.05, 0) is 17.7 Å². The Morgan fingerprint density at radius 2 is 1.40 bits per heavy atom. The quantitative estimate of drug-likeness (QED) is 0.836. The normalized spacial score (nSPS) is 8.80. The lowest BCUT2D eigenvalue weighted by molar-refractivity contribution is -0.191. The minimum atomic E-state index is 0.0834. The molecule has 0 bridgehead atoms. The van der Waals surface area contributed by atoms with Crippen molar-refractivity contribution in [3.8, 4) is 5.75 Å². The van der Waals surface area contributed by atoms with Gasteiger partial charge in [0.1, 0.15) is 12.4 Å². The largest absolute Gasteiger partial charge is 0.486 e. The van der Waals surface area contributed by atoms with Gasteiger partial charge < -0.3 is 4.74 Å². The smallest absolute Gasteiger partial charge is 0.373 e. The monoisotopic (exact) mass is 270 g/mol. The molecule has 0 aliphatic rings. The Labute approximate surface area is 117 Å². The van der Waals surface area contributed by atoms with Gasteiger partial charge in [-0.15, -0.1) is 0 Å². The fourth-order valence-corrected chi connectivity index (χ4v) is 1.56. The molecule has 0 saturated carbocycles. The molecule has 0 unspecified atom stereocenters. The summed E-state index contributed by atoms with van der Waals surface area (Å²) in [5.41, 5.74) is 1.02. The topological polar surface area (TPSA) is 60.4 Å². The zero-order chi connectivity index (χ0) is 14.6. The van der Waals surface area contributed by atoms with Crippen LogP contribution in [0.5, 0.6) is 5.75 Å². The van der Waals surface area contributed by atoms with Gasteiger partial charge in [-0.2, -0.15) is 9.59 Å². The second-order valence-corrected chi connectivity index (χ2v) is 3.89. The van der Waals surface area contributed by atoms with Gasteiger partial charge in [-0.3, -0.25) is 4.79 Å². The zero-order valence-electron chi connectivity index (χ0n) is 10.8. The molecule has 20 heavy (non-hydrogen) atoms. The van der Waals surface area contributed by atoms with Crippen molar-refractivity contribution in [2.75, 3.05) is 6.61 Å². The maximum atomic E-state index is 11.7. The van der Waals surface area contributed by atoms with Crippen molar-refractivity contribution in [1.29, 1.82) is 0 Å². The Morgan fingerprint density at radius 1 is 0.900 bits per heavy atom. The summed E-state index contributed by atoms with van der Waals surface area (Å²) in [5.74, 6) is 0.814. The summed E-state index contributed by atoms with van der Waals surface area (Å²) in [6.45, 7) is 0.124. The summed E-state index contributed by atoms with van der Waals surface area (Å²) in [7, 11) is 0. The third-order valence-corrected chi connectivity index (χ3v) is 2.39. The molecule has 4 heteroatoms. The molecule has 0 aromatic heterocycles. The SMILES string of the molecule is O=C(COc1ccccc1)Cc1ccccc1.O=C=O. The molecule has 0 radical (unpaired) electrons. The molecule has 4 nitrogen and oxygen atoms in total. The van der Waals surface area contributed by atoms with E-state index in [1.807, 2.05) is 60.7 Å². The molecule has 102 valence electrons. The first-order valence-corrected chi connectivity index (χ1v) is 5.99. The summed E-state index contributed by atoms with van der Waals surface area (Å²) in [4.78, 5) is 27.9. The number of ether oxygens (including phenoxy) is 1. The van der Waals surface area contributed by atoms with E-state index in [-0.39, 0.29) is 18.5 Å². The van der Waals surface area contributed by atoms with Crippen LogP contribution in [0.25, 0.3) is 0 Å². The van der Waals surface area contributed by atoms with Gasteiger partial charge >= 0.3 is 6.15 Å². The number of benzene rings is 2. The highest BCUT2D eigenvalue weighted by Crippen LogP contribution is 2.08. The average Bonchev–Trinajstić information content (AvgIpc) is 2.48. The molecular formula is C16H14O4. The predicted molar refractivity (Wildman–Crippen MR) is 72.1 cm³/mol. The van der Waals surface area contributed by atoms with Crippen molar-refractivity contribution in [3.05, 3.63) is 66.2 Å². The standard InChI is InChI=1S/C15H14O2.CO2/c16-14(11-13-7-3-1-4-8-13)12-17-15-9-5-2-6-10-15;2-1-3/h1-10H,11-12H2;. The lowest BCUT2D eigenvalue weighted by atomic mass is 10.1. The molecule has 0 fully saturated rings. The third-order valence-electron chi connectivity index (χ3n) is 2.39. The first-order chi connectivity index (χ1) is 9.76. The number of para-hydroxylation sites is 1. The van der Waals surface area contributed by atoms with Crippen molar-refractivity contribution in [2.24, 2.45) is 0 Å². The van der Waals surface area contributed by atoms with Crippen LogP contribution < -0.4 is 4.74 Å². The predicted octanol–water partition coefficient (Wildman–Crippen LogP) is 2.29. The van der Waals surface area contributed by atoms with Gasteiger partial charge in [-0.25, -0.2) is 0 Å². The van der Waals surface area contributed by atoms with Crippen LogP contribution in [0.2, 0.25) is 0 Å². The highest BCUT2D eigenvalue weighted by atomic mass is 16.5. The summed E-state index contributed by atoms with van der Waals surface area (Å²) in [5, 5.41) is 0. The van der Waals surface area contributed by atoms with Gasteiger partial charge in [0.25, 0.3) is 0 Å². The lowest BCUT2D eigenvalue weighted by Gasteiger charge is -2.05. The summed E-state index contributed by atoms with van der Waals surface area (Å²) in [6.07, 6.45) is 0.674. The molecule has 0 atom stereocenters. The van der Waals surface area contributed by atoms with Crippen LogP contribution in [-0.4, -0.2) is 18.5 Å². The number of hydrogen-bond donors (Lipinski definition) is 0. The van der Waals surface area contributed by atoms with E-state index in [1.165, 1.54) is 0 Å². The molecule has 0 saturated heterocycles. The molecule has 0 spiro atoms. The zero-order valence-corrected chi connectivity index (χ0v) is 10.8. The Morgan fingerprint density at radius 3 is 1.95 bits per heavy atom. The van der Waals surface area contributed by atoms with Crippen molar-refractivity contribution in [2.45, 2.75) is 6.42 Å². The van der Waals surface area contributed by atoms with Crippen LogP contribution in [0, 0.1) is 0 Å². The Bertz CT molecular complexity index is 543. The maximum Gasteiger partial charge on any atom is 0.373 e. The average molecular weight is 270 g/mol. The van der Waals surface area contributed by atoms with E-state index in [9.17, 15) is 4.79 Å². The highest BCUT2D eigenvalue weighted by molar-refractivity contribution is 5.82. The molecule has 2 rings (SSSR count). The fraction of sp³-hybridized carbons (Fsp3) is 0.125. The Hall–Kier alpha value is -2.71. The van der Waals surface area contributed by atoms with E-state index in [2.05, 4.69) is 0 Å². The molecule has 0 aliphatic heterocycles. The summed E-state index contributed by atoms with van der Waals surface area (Å²) < 4.78 is 5.39. The van der Waals surface area contributed by atoms with Crippen LogP contribution in [0.3, 0.4) is 0 Å². The van der Waals surface area contributed by atoms with Gasteiger partial charge in [0.2, 0.25) is 0 Å². The number of ketones is 1. The van der Waals surface area contributed by atoms with Crippen molar-refractivity contribution >= 4 is 11.9 Å². The van der Waals surface area contributed by atoms with Gasteiger partial charge in [0, 0.05) is 6.42 Å². The van der Waals surface area contributed by atoms with Crippen molar-refractivity contribution < 1.29 is 19.1 Å². The number of rotatable bonds is 5. The number of hydrogen-bond acceptors (Lipinski definition) is 4. The van der Waals surface area contributed by atoms with Crippen LogP contribution in [0.4, 0.5) is 0 Å². The van der Waals surface area contributed by atoms with Gasteiger partial charge in [0.15, 0.2) is 5.78 Å². The van der Waals surface area contributed by atoms with E-state index in [0.29, 0.717) is 6.42 Å². The summed E-state index contributed by atoms with van der Waals surface area (Å²) in [6, 6.07) is 19.1. The highest BCUT2D eigenvalue weighted by Gasteiger charge is 2.04. The summed E-state index contributed by atoms with van der Waals surface area (Å²) >= 11 is 0. The molecule has 2 aromatic rings. The molecule has 0 N–H and O–H groups in total. The second-order valence-electron chi connectivity index (χ2n) is 3.89. The fourth-order valence-electron chi connectivity index (χ4n) is 1.56. The van der Waals surface area contributed by atoms with Crippen LogP contribution in [0.1, 0.15) is 5.56 Å². The Balaban J connectivity index is 0.000000612. The minimum Gasteiger partial charge on any atom is -0.486 e. The first-order valence-electron chi connectivity index (χ1n) is 5.99. The van der Waals surface area contributed by atoms with E-state index in [0.717, 1.165) is 11.3 Å². The van der Waals surface area contributed by atoms with Gasteiger partial charge in [0.05, 0.1) is 0 Å². The molecule has 2 aromatic carbocycles. The lowest BCUT2D eigenvalue weighted by Crippen LogP contribution is -2.13. The number of Topliss-reactive ketones (excluding diaryl/α,β-unsaturated/α-hetero) is 1. The molecule has 0 amide bonds. The first kappa shape index (κ1) is 15.3. The molecule has 0 aliphatic carbocycles. The third kappa shape index (κ3) is 6.28. The van der Waals surface area contributed by atoms with E-state index < -0.39 is 0 Å². The Kier molecular flexibility index (Phi) is 7.10. The van der Waals surface area contributed by atoms with E-state index >= 15 is 0 Å². The van der Waals surface area contributed by atoms with Crippen LogP contribution in [0.15, 0.2) is 60.7 Å². The van der Waals surface area contributed by atoms with E-state index in [1.54, 1.807) is 0 Å². The van der Waals surface area contributed by atoms with Crippen LogP contribution in [-0.2, 0) is 20.8 Å². The number of carbonyl (C=O) groups excluding carboxylic acids is 3. The van der Waals surface area contributed by atoms with Gasteiger partial charge in [-0.1, -0.05) is 48.5 Å². The van der Waals surface area contributed by atoms with Crippen molar-refractivity contribution in [1.82, 2.24) is 0 Å². The van der Waals surface area contributed by atoms with E-state index in [4.69, 9.17) is 14.3 Å².